The van der Waals surface area contributed by atoms with E-state index in [9.17, 15) is 0 Å². The first-order chi connectivity index (χ1) is 6.86. The molecule has 4 heteroatoms. The third kappa shape index (κ3) is 4.37. The molecule has 1 aliphatic heterocycles. The third-order valence-electron chi connectivity index (χ3n) is 2.70. The lowest BCUT2D eigenvalue weighted by atomic mass is 10.1. The Morgan fingerprint density at radius 1 is 1.64 bits per heavy atom. The molecular weight excluding hydrogens is 180 g/mol. The van der Waals surface area contributed by atoms with Crippen LogP contribution in [0.5, 0.6) is 0 Å². The van der Waals surface area contributed by atoms with E-state index < -0.39 is 0 Å². The topological polar surface area (TPSA) is 56.5 Å². The van der Waals surface area contributed by atoms with Crippen LogP contribution in [-0.4, -0.2) is 46.1 Å². The Morgan fingerprint density at radius 3 is 3.07 bits per heavy atom. The number of hydrogen-bond acceptors (Lipinski definition) is 4. The minimum atomic E-state index is 0.197. The average molecular weight is 202 g/mol. The minimum absolute atomic E-state index is 0.197. The summed E-state index contributed by atoms with van der Waals surface area (Å²) in [5, 5.41) is 3.41. The van der Waals surface area contributed by atoms with Gasteiger partial charge in [0, 0.05) is 26.8 Å². The first kappa shape index (κ1) is 11.9. The van der Waals surface area contributed by atoms with E-state index in [4.69, 9.17) is 15.2 Å². The van der Waals surface area contributed by atoms with Crippen molar-refractivity contribution >= 4 is 0 Å². The van der Waals surface area contributed by atoms with Crippen LogP contribution in [0, 0.1) is 5.92 Å². The fraction of sp³-hybridized carbons (Fsp3) is 1.00. The summed E-state index contributed by atoms with van der Waals surface area (Å²) in [5.41, 5.74) is 5.51. The van der Waals surface area contributed by atoms with Crippen LogP contribution < -0.4 is 11.1 Å². The van der Waals surface area contributed by atoms with Crippen molar-refractivity contribution in [1.82, 2.24) is 5.32 Å². The normalized spacial score (nSPS) is 24.0. The second kappa shape index (κ2) is 7.17. The molecule has 84 valence electrons. The SMILES string of the molecule is COC(CN)CCNCC1CCOC1. The number of nitrogens with two attached hydrogens (primary N) is 1. The summed E-state index contributed by atoms with van der Waals surface area (Å²) in [5.74, 6) is 0.703. The number of hydrogen-bond donors (Lipinski definition) is 2. The molecule has 0 bridgehead atoms. The molecule has 2 atom stereocenters. The lowest BCUT2D eigenvalue weighted by Gasteiger charge is -2.14. The van der Waals surface area contributed by atoms with E-state index >= 15 is 0 Å². The molecule has 1 heterocycles. The molecule has 2 unspecified atom stereocenters. The first-order valence-electron chi connectivity index (χ1n) is 5.38. The van der Waals surface area contributed by atoms with E-state index in [1.165, 1.54) is 6.42 Å². The molecular formula is C10H22N2O2. The number of methoxy groups -OCH3 is 1. The predicted octanol–water partition coefficient (Wildman–Crippen LogP) is -0.0237. The highest BCUT2D eigenvalue weighted by atomic mass is 16.5. The van der Waals surface area contributed by atoms with Gasteiger partial charge >= 0.3 is 0 Å². The zero-order chi connectivity index (χ0) is 10.2. The average Bonchev–Trinajstić information content (AvgIpc) is 2.71. The molecule has 1 saturated heterocycles. The van der Waals surface area contributed by atoms with E-state index in [2.05, 4.69) is 5.32 Å². The van der Waals surface area contributed by atoms with Gasteiger partial charge in [0.15, 0.2) is 0 Å². The van der Waals surface area contributed by atoms with Gasteiger partial charge in [-0.15, -0.1) is 0 Å². The van der Waals surface area contributed by atoms with Crippen molar-refractivity contribution in [2.45, 2.75) is 18.9 Å². The zero-order valence-corrected chi connectivity index (χ0v) is 9.00. The van der Waals surface area contributed by atoms with E-state index in [-0.39, 0.29) is 6.10 Å². The monoisotopic (exact) mass is 202 g/mol. The molecule has 0 spiro atoms. The molecule has 0 radical (unpaired) electrons. The van der Waals surface area contributed by atoms with Crippen LogP contribution in [0.15, 0.2) is 0 Å². The van der Waals surface area contributed by atoms with Crippen molar-refractivity contribution in [3.05, 3.63) is 0 Å². The molecule has 3 N–H and O–H groups in total. The van der Waals surface area contributed by atoms with Gasteiger partial charge < -0.3 is 20.5 Å². The third-order valence-corrected chi connectivity index (χ3v) is 2.70. The van der Waals surface area contributed by atoms with Crippen molar-refractivity contribution in [3.63, 3.8) is 0 Å². The quantitative estimate of drug-likeness (QED) is 0.570. The summed E-state index contributed by atoms with van der Waals surface area (Å²) in [6, 6.07) is 0. The molecule has 1 rings (SSSR count). The van der Waals surface area contributed by atoms with Gasteiger partial charge in [-0.2, -0.15) is 0 Å². The smallest absolute Gasteiger partial charge is 0.0705 e. The van der Waals surface area contributed by atoms with Crippen LogP contribution in [0.3, 0.4) is 0 Å². The van der Waals surface area contributed by atoms with Gasteiger partial charge in [-0.1, -0.05) is 0 Å². The molecule has 1 fully saturated rings. The van der Waals surface area contributed by atoms with Crippen LogP contribution in [0.2, 0.25) is 0 Å². The molecule has 0 aromatic heterocycles. The van der Waals surface area contributed by atoms with E-state index in [0.717, 1.165) is 32.7 Å². The summed E-state index contributed by atoms with van der Waals surface area (Å²) < 4.78 is 10.5. The van der Waals surface area contributed by atoms with Gasteiger partial charge in [0.2, 0.25) is 0 Å². The molecule has 0 aromatic rings. The fourth-order valence-corrected chi connectivity index (χ4v) is 1.65. The molecule has 1 aliphatic rings. The Kier molecular flexibility index (Phi) is 6.10. The maximum Gasteiger partial charge on any atom is 0.0705 e. The Bertz CT molecular complexity index is 130. The van der Waals surface area contributed by atoms with E-state index in [1.807, 2.05) is 0 Å². The molecule has 4 nitrogen and oxygen atoms in total. The molecule has 0 aliphatic carbocycles. The van der Waals surface area contributed by atoms with Crippen LogP contribution in [-0.2, 0) is 9.47 Å². The first-order valence-corrected chi connectivity index (χ1v) is 5.38. The van der Waals surface area contributed by atoms with E-state index in [1.54, 1.807) is 7.11 Å². The molecule has 0 saturated carbocycles. The molecule has 0 amide bonds. The second-order valence-corrected chi connectivity index (χ2v) is 3.82. The van der Waals surface area contributed by atoms with Crippen LogP contribution in [0.25, 0.3) is 0 Å². The van der Waals surface area contributed by atoms with E-state index in [0.29, 0.717) is 12.5 Å². The second-order valence-electron chi connectivity index (χ2n) is 3.82. The van der Waals surface area contributed by atoms with Crippen molar-refractivity contribution in [2.24, 2.45) is 11.7 Å². The van der Waals surface area contributed by atoms with Gasteiger partial charge in [-0.3, -0.25) is 0 Å². The molecule has 0 aromatic carbocycles. The number of ether oxygens (including phenoxy) is 2. The van der Waals surface area contributed by atoms with Crippen molar-refractivity contribution in [1.29, 1.82) is 0 Å². The minimum Gasteiger partial charge on any atom is -0.381 e. The summed E-state index contributed by atoms with van der Waals surface area (Å²) >= 11 is 0. The zero-order valence-electron chi connectivity index (χ0n) is 9.00. The van der Waals surface area contributed by atoms with Crippen molar-refractivity contribution in [2.75, 3.05) is 40.0 Å². The summed E-state index contributed by atoms with van der Waals surface area (Å²) in [7, 11) is 1.71. The molecule has 14 heavy (non-hydrogen) atoms. The summed E-state index contributed by atoms with van der Waals surface area (Å²) in [6.07, 6.45) is 2.38. The Labute approximate surface area is 86.1 Å². The van der Waals surface area contributed by atoms with Crippen LogP contribution in [0.1, 0.15) is 12.8 Å². The van der Waals surface area contributed by atoms with Gasteiger partial charge in [-0.05, 0) is 25.3 Å². The van der Waals surface area contributed by atoms with Crippen LogP contribution in [0.4, 0.5) is 0 Å². The fourth-order valence-electron chi connectivity index (χ4n) is 1.65. The van der Waals surface area contributed by atoms with Crippen molar-refractivity contribution in [3.8, 4) is 0 Å². The lowest BCUT2D eigenvalue weighted by molar-refractivity contribution is 0.102. The highest BCUT2D eigenvalue weighted by molar-refractivity contribution is 4.67. The predicted molar refractivity (Wildman–Crippen MR) is 56.3 cm³/mol. The van der Waals surface area contributed by atoms with Crippen molar-refractivity contribution < 1.29 is 9.47 Å². The Morgan fingerprint density at radius 2 is 2.50 bits per heavy atom. The standard InChI is InChI=1S/C10H22N2O2/c1-13-10(6-11)2-4-12-7-9-3-5-14-8-9/h9-10,12H,2-8,11H2,1H3. The van der Waals surface area contributed by atoms with Gasteiger partial charge in [0.05, 0.1) is 12.7 Å². The van der Waals surface area contributed by atoms with Crippen LogP contribution >= 0.6 is 0 Å². The Balaban J connectivity index is 1.92. The number of rotatable bonds is 7. The van der Waals surface area contributed by atoms with Gasteiger partial charge in [0.1, 0.15) is 0 Å². The maximum atomic E-state index is 5.51. The highest BCUT2D eigenvalue weighted by Crippen LogP contribution is 2.10. The Hall–Kier alpha value is -0.160. The highest BCUT2D eigenvalue weighted by Gasteiger charge is 2.14. The van der Waals surface area contributed by atoms with Gasteiger partial charge in [-0.25, -0.2) is 0 Å². The summed E-state index contributed by atoms with van der Waals surface area (Å²) in [4.78, 5) is 0. The lowest BCUT2D eigenvalue weighted by Crippen LogP contribution is -2.30. The van der Waals surface area contributed by atoms with Gasteiger partial charge in [0.25, 0.3) is 0 Å². The maximum absolute atomic E-state index is 5.51. The summed E-state index contributed by atoms with van der Waals surface area (Å²) in [6.45, 7) is 4.48. The largest absolute Gasteiger partial charge is 0.381 e. The number of nitrogens with one attached hydrogen (secondary N) is 1.